The number of aromatic nitrogens is 1. The van der Waals surface area contributed by atoms with E-state index in [9.17, 15) is 5.26 Å². The minimum atomic E-state index is 0.440. The van der Waals surface area contributed by atoms with E-state index in [0.29, 0.717) is 28.5 Å². The van der Waals surface area contributed by atoms with Gasteiger partial charge in [-0.25, -0.2) is 4.98 Å². The molecule has 0 saturated heterocycles. The summed E-state index contributed by atoms with van der Waals surface area (Å²) in [4.78, 5) is 4.62. The van der Waals surface area contributed by atoms with Crippen LogP contribution in [0.5, 0.6) is 0 Å². The van der Waals surface area contributed by atoms with Crippen LogP contribution in [0.3, 0.4) is 0 Å². The number of para-hydroxylation sites is 2. The average molecular weight is 342 g/mol. The molecule has 0 spiro atoms. The molecule has 0 amide bonds. The molecule has 2 N–H and O–H groups in total. The van der Waals surface area contributed by atoms with Gasteiger partial charge in [0.2, 0.25) is 0 Å². The zero-order valence-electron chi connectivity index (χ0n) is 14.6. The molecule has 128 valence electrons. The lowest BCUT2D eigenvalue weighted by atomic mass is 10.1. The summed E-state index contributed by atoms with van der Waals surface area (Å²) >= 11 is 0. The number of nitrogens with zero attached hydrogens (tertiary/aromatic N) is 4. The number of benzene rings is 2. The van der Waals surface area contributed by atoms with E-state index < -0.39 is 0 Å². The highest BCUT2D eigenvalue weighted by atomic mass is 15.1. The molecule has 2 aromatic carbocycles. The maximum atomic E-state index is 9.63. The smallest absolute Gasteiger partial charge is 0.161 e. The first-order valence-electron chi connectivity index (χ1n) is 8.11. The SMILES string of the molecule is C/N=N\c1c(Nc2ccccc2)nc(Nc2ccccc2)c(C#N)c1C. The number of hydrogen-bond acceptors (Lipinski definition) is 6. The molecule has 0 aliphatic heterocycles. The number of azo groups is 1. The van der Waals surface area contributed by atoms with Crippen LogP contribution in [0.15, 0.2) is 70.9 Å². The Morgan fingerprint density at radius 1 is 0.885 bits per heavy atom. The van der Waals surface area contributed by atoms with E-state index in [1.807, 2.05) is 67.6 Å². The molecule has 1 aromatic heterocycles. The zero-order chi connectivity index (χ0) is 18.4. The van der Waals surface area contributed by atoms with Gasteiger partial charge in [-0.3, -0.25) is 0 Å². The quantitative estimate of drug-likeness (QED) is 0.603. The number of pyridine rings is 1. The van der Waals surface area contributed by atoms with Crippen molar-refractivity contribution in [3.63, 3.8) is 0 Å². The minimum Gasteiger partial charge on any atom is -0.339 e. The standard InChI is InChI=1S/C20H18N6/c1-14-17(13-21)19(23-15-9-5-3-6-10-15)25-20(18(14)26-22-2)24-16-11-7-4-8-12-16/h3-12H,1-2H3,(H2,23,24,25)/b26-22-. The van der Waals surface area contributed by atoms with E-state index in [1.54, 1.807) is 7.05 Å². The normalized spacial score (nSPS) is 10.5. The van der Waals surface area contributed by atoms with Crippen LogP contribution >= 0.6 is 0 Å². The van der Waals surface area contributed by atoms with Crippen molar-refractivity contribution in [3.05, 3.63) is 71.8 Å². The third kappa shape index (κ3) is 3.68. The van der Waals surface area contributed by atoms with Gasteiger partial charge in [0.15, 0.2) is 11.6 Å². The molecule has 0 bridgehead atoms. The Kier molecular flexibility index (Phi) is 5.20. The van der Waals surface area contributed by atoms with Crippen molar-refractivity contribution in [2.45, 2.75) is 6.92 Å². The molecule has 26 heavy (non-hydrogen) atoms. The molecule has 0 aliphatic rings. The van der Waals surface area contributed by atoms with Gasteiger partial charge in [0.1, 0.15) is 11.8 Å². The second-order valence-electron chi connectivity index (χ2n) is 5.55. The molecular formula is C20H18N6. The van der Waals surface area contributed by atoms with Gasteiger partial charge in [-0.2, -0.15) is 15.5 Å². The molecule has 0 aliphatic carbocycles. The molecule has 3 aromatic rings. The van der Waals surface area contributed by atoms with E-state index in [-0.39, 0.29) is 0 Å². The number of anilines is 4. The molecule has 1 heterocycles. The van der Waals surface area contributed by atoms with Gasteiger partial charge in [-0.15, -0.1) is 0 Å². The highest BCUT2D eigenvalue weighted by Gasteiger charge is 2.17. The summed E-state index contributed by atoms with van der Waals surface area (Å²) in [6, 6.07) is 21.5. The van der Waals surface area contributed by atoms with Crippen molar-refractivity contribution in [1.29, 1.82) is 5.26 Å². The highest BCUT2D eigenvalue weighted by Crippen LogP contribution is 2.36. The first-order chi connectivity index (χ1) is 12.7. The Hall–Kier alpha value is -3.72. The van der Waals surface area contributed by atoms with Crippen LogP contribution in [0.1, 0.15) is 11.1 Å². The summed E-state index contributed by atoms with van der Waals surface area (Å²) in [5, 5.41) is 24.2. The summed E-state index contributed by atoms with van der Waals surface area (Å²) < 4.78 is 0. The Bertz CT molecular complexity index is 959. The lowest BCUT2D eigenvalue weighted by molar-refractivity contribution is 1.12. The van der Waals surface area contributed by atoms with Gasteiger partial charge < -0.3 is 10.6 Å². The number of nitrogens with one attached hydrogen (secondary N) is 2. The fraction of sp³-hybridized carbons (Fsp3) is 0.100. The summed E-state index contributed by atoms with van der Waals surface area (Å²) in [7, 11) is 1.59. The molecular weight excluding hydrogens is 324 g/mol. The summed E-state index contributed by atoms with van der Waals surface area (Å²) in [6.07, 6.45) is 0. The maximum Gasteiger partial charge on any atom is 0.161 e. The topological polar surface area (TPSA) is 85.5 Å². The maximum absolute atomic E-state index is 9.63. The predicted octanol–water partition coefficient (Wildman–Crippen LogP) is 5.46. The van der Waals surface area contributed by atoms with Gasteiger partial charge in [0.05, 0.1) is 5.56 Å². The fourth-order valence-electron chi connectivity index (χ4n) is 2.55. The number of nitriles is 1. The molecule has 0 unspecified atom stereocenters. The molecule has 6 nitrogen and oxygen atoms in total. The Balaban J connectivity index is 2.11. The molecule has 0 saturated carbocycles. The Morgan fingerprint density at radius 3 is 1.92 bits per heavy atom. The predicted molar refractivity (Wildman–Crippen MR) is 104 cm³/mol. The first-order valence-corrected chi connectivity index (χ1v) is 8.11. The summed E-state index contributed by atoms with van der Waals surface area (Å²) in [6.45, 7) is 1.84. The Labute approximate surface area is 152 Å². The monoisotopic (exact) mass is 342 g/mol. The van der Waals surface area contributed by atoms with Gasteiger partial charge in [0, 0.05) is 24.0 Å². The highest BCUT2D eigenvalue weighted by molar-refractivity contribution is 5.79. The van der Waals surface area contributed by atoms with Gasteiger partial charge in [0.25, 0.3) is 0 Å². The zero-order valence-corrected chi connectivity index (χ0v) is 14.6. The van der Waals surface area contributed by atoms with Crippen LogP contribution in [0.4, 0.5) is 28.7 Å². The van der Waals surface area contributed by atoms with E-state index in [1.165, 1.54) is 0 Å². The van der Waals surface area contributed by atoms with E-state index in [2.05, 4.69) is 31.9 Å². The van der Waals surface area contributed by atoms with E-state index in [0.717, 1.165) is 11.4 Å². The van der Waals surface area contributed by atoms with E-state index in [4.69, 9.17) is 0 Å². The number of rotatable bonds is 5. The van der Waals surface area contributed by atoms with Gasteiger partial charge in [-0.05, 0) is 31.2 Å². The average Bonchev–Trinajstić information content (AvgIpc) is 2.67. The molecule has 0 atom stereocenters. The van der Waals surface area contributed by atoms with Crippen molar-refractivity contribution in [2.75, 3.05) is 17.7 Å². The lowest BCUT2D eigenvalue weighted by Crippen LogP contribution is -2.04. The van der Waals surface area contributed by atoms with Crippen LogP contribution in [0, 0.1) is 18.3 Å². The minimum absolute atomic E-state index is 0.440. The molecule has 0 radical (unpaired) electrons. The second-order valence-corrected chi connectivity index (χ2v) is 5.55. The van der Waals surface area contributed by atoms with Crippen molar-refractivity contribution < 1.29 is 0 Å². The van der Waals surface area contributed by atoms with Crippen LogP contribution in [-0.2, 0) is 0 Å². The molecule has 3 rings (SSSR count). The second kappa shape index (κ2) is 7.90. The molecule has 0 fully saturated rings. The first kappa shape index (κ1) is 17.1. The molecule has 6 heteroatoms. The van der Waals surface area contributed by atoms with Gasteiger partial charge in [-0.1, -0.05) is 36.4 Å². The Morgan fingerprint density at radius 2 is 1.42 bits per heavy atom. The van der Waals surface area contributed by atoms with Crippen molar-refractivity contribution in [3.8, 4) is 6.07 Å². The largest absolute Gasteiger partial charge is 0.339 e. The van der Waals surface area contributed by atoms with Crippen LogP contribution in [0.25, 0.3) is 0 Å². The van der Waals surface area contributed by atoms with E-state index >= 15 is 0 Å². The van der Waals surface area contributed by atoms with Crippen molar-refractivity contribution in [1.82, 2.24) is 4.98 Å². The van der Waals surface area contributed by atoms with Crippen LogP contribution < -0.4 is 10.6 Å². The lowest BCUT2D eigenvalue weighted by Gasteiger charge is -2.15. The number of hydrogen-bond donors (Lipinski definition) is 2. The van der Waals surface area contributed by atoms with Crippen molar-refractivity contribution >= 4 is 28.7 Å². The van der Waals surface area contributed by atoms with Crippen LogP contribution in [-0.4, -0.2) is 12.0 Å². The fourth-order valence-corrected chi connectivity index (χ4v) is 2.55. The third-order valence-corrected chi connectivity index (χ3v) is 3.80. The summed E-state index contributed by atoms with van der Waals surface area (Å²) in [5.41, 5.74) is 3.43. The van der Waals surface area contributed by atoms with Crippen molar-refractivity contribution in [2.24, 2.45) is 10.2 Å². The van der Waals surface area contributed by atoms with Crippen LogP contribution in [0.2, 0.25) is 0 Å². The van der Waals surface area contributed by atoms with Gasteiger partial charge >= 0.3 is 0 Å². The third-order valence-electron chi connectivity index (χ3n) is 3.80. The summed E-state index contributed by atoms with van der Waals surface area (Å²) in [5.74, 6) is 1.02.